The number of carbonyl (C=O) groups is 1. The van der Waals surface area contributed by atoms with Crippen LogP contribution in [0.25, 0.3) is 0 Å². The Kier molecular flexibility index (Phi) is 6.23. The Morgan fingerprint density at radius 2 is 1.95 bits per heavy atom. The molecule has 1 aliphatic rings. The minimum absolute atomic E-state index is 0.293. The average molecular weight is 419 g/mol. The molecule has 1 fully saturated rings. The maximum Gasteiger partial charge on any atom is 0.410 e. The zero-order valence-electron chi connectivity index (χ0n) is 13.0. The normalized spacial score (nSPS) is 24.0. The van der Waals surface area contributed by atoms with Crippen LogP contribution in [-0.4, -0.2) is 52.2 Å². The fourth-order valence-corrected chi connectivity index (χ4v) is 2.97. The summed E-state index contributed by atoms with van der Waals surface area (Å²) >= 11 is 2.12. The van der Waals surface area contributed by atoms with Crippen molar-refractivity contribution in [1.82, 2.24) is 4.90 Å². The van der Waals surface area contributed by atoms with Gasteiger partial charge in [-0.1, -0.05) is 22.6 Å². The molecule has 0 spiro atoms. The number of halogens is 3. The second-order valence-corrected chi connectivity index (χ2v) is 7.44. The molecule has 0 aliphatic carbocycles. The first-order valence-electron chi connectivity index (χ1n) is 7.02. The van der Waals surface area contributed by atoms with Crippen LogP contribution in [0.2, 0.25) is 0 Å². The van der Waals surface area contributed by atoms with Gasteiger partial charge in [0.1, 0.15) is 12.2 Å². The second kappa shape index (κ2) is 6.93. The molecular formula is C14H24F2INO3. The van der Waals surface area contributed by atoms with Gasteiger partial charge in [0.2, 0.25) is 0 Å². The van der Waals surface area contributed by atoms with Crippen LogP contribution in [0.15, 0.2) is 0 Å². The molecule has 0 aromatic carbocycles. The Morgan fingerprint density at radius 1 is 1.33 bits per heavy atom. The molecule has 0 saturated carbocycles. The molecule has 1 saturated heterocycles. The fourth-order valence-electron chi connectivity index (χ4n) is 2.13. The van der Waals surface area contributed by atoms with Crippen molar-refractivity contribution in [3.05, 3.63) is 0 Å². The van der Waals surface area contributed by atoms with E-state index >= 15 is 0 Å². The molecule has 7 heteroatoms. The van der Waals surface area contributed by atoms with Crippen LogP contribution in [-0.2, 0) is 9.47 Å². The number of hydrogen-bond acceptors (Lipinski definition) is 3. The first kappa shape index (κ1) is 18.9. The van der Waals surface area contributed by atoms with Crippen LogP contribution in [0.3, 0.4) is 0 Å². The summed E-state index contributed by atoms with van der Waals surface area (Å²) in [6, 6.07) is 0. The van der Waals surface area contributed by atoms with Crippen LogP contribution in [0.4, 0.5) is 13.6 Å². The van der Waals surface area contributed by atoms with Gasteiger partial charge < -0.3 is 14.4 Å². The second-order valence-electron chi connectivity index (χ2n) is 6.68. The van der Waals surface area contributed by atoms with Crippen LogP contribution in [0.5, 0.6) is 0 Å². The van der Waals surface area contributed by atoms with E-state index in [1.165, 1.54) is 0 Å². The van der Waals surface area contributed by atoms with Gasteiger partial charge in [0.15, 0.2) is 0 Å². The number of hydrogen-bond donors (Lipinski definition) is 0. The lowest BCUT2D eigenvalue weighted by Gasteiger charge is -2.42. The highest BCUT2D eigenvalue weighted by atomic mass is 127. The summed E-state index contributed by atoms with van der Waals surface area (Å²) < 4.78 is 37.4. The first-order valence-corrected chi connectivity index (χ1v) is 8.55. The first-order chi connectivity index (χ1) is 9.46. The average Bonchev–Trinajstić information content (AvgIpc) is 2.34. The van der Waals surface area contributed by atoms with Gasteiger partial charge in [-0.05, 0) is 33.6 Å². The Bertz CT molecular complexity index is 368. The summed E-state index contributed by atoms with van der Waals surface area (Å²) in [5.41, 5.74) is -1.28. The van der Waals surface area contributed by atoms with Crippen molar-refractivity contribution < 1.29 is 23.0 Å². The monoisotopic (exact) mass is 419 g/mol. The van der Waals surface area contributed by atoms with Gasteiger partial charge in [-0.3, -0.25) is 0 Å². The third kappa shape index (κ3) is 6.63. The molecule has 0 bridgehead atoms. The number of carbonyl (C=O) groups excluding carboxylic acids is 1. The summed E-state index contributed by atoms with van der Waals surface area (Å²) in [5, 5.41) is 0. The van der Waals surface area contributed by atoms with Gasteiger partial charge >= 0.3 is 6.09 Å². The van der Waals surface area contributed by atoms with Crippen molar-refractivity contribution in [2.24, 2.45) is 0 Å². The van der Waals surface area contributed by atoms with Crippen LogP contribution < -0.4 is 0 Å². The van der Waals surface area contributed by atoms with Crippen molar-refractivity contribution in [1.29, 1.82) is 0 Å². The van der Waals surface area contributed by atoms with E-state index in [9.17, 15) is 13.6 Å². The maximum atomic E-state index is 13.0. The minimum atomic E-state index is -2.87. The van der Waals surface area contributed by atoms with Crippen molar-refractivity contribution in [2.45, 2.75) is 57.7 Å². The predicted molar refractivity (Wildman–Crippen MR) is 85.2 cm³/mol. The molecule has 124 valence electrons. The van der Waals surface area contributed by atoms with E-state index in [0.29, 0.717) is 23.9 Å². The van der Waals surface area contributed by atoms with Crippen molar-refractivity contribution in [3.63, 3.8) is 0 Å². The van der Waals surface area contributed by atoms with Gasteiger partial charge in [-0.15, -0.1) is 0 Å². The number of nitrogens with zero attached hydrogens (tertiary/aromatic N) is 1. The highest BCUT2D eigenvalue weighted by Gasteiger charge is 2.40. The van der Waals surface area contributed by atoms with Gasteiger partial charge in [0.05, 0.1) is 12.1 Å². The summed E-state index contributed by atoms with van der Waals surface area (Å²) in [6.07, 6.45) is 0.978. The van der Waals surface area contributed by atoms with Gasteiger partial charge in [0.25, 0.3) is 5.92 Å². The van der Waals surface area contributed by atoms with E-state index in [2.05, 4.69) is 22.6 Å². The quantitative estimate of drug-likeness (QED) is 0.513. The molecule has 0 aromatic heterocycles. The summed E-state index contributed by atoms with van der Waals surface area (Å²) in [5.74, 6) is -2.87. The Balaban J connectivity index is 2.69. The van der Waals surface area contributed by atoms with Crippen molar-refractivity contribution in [3.8, 4) is 0 Å². The topological polar surface area (TPSA) is 38.8 Å². The van der Waals surface area contributed by atoms with Crippen LogP contribution in [0.1, 0.15) is 40.5 Å². The van der Waals surface area contributed by atoms with E-state index in [1.54, 1.807) is 25.7 Å². The molecular weight excluding hydrogens is 395 g/mol. The molecule has 0 aromatic rings. The number of alkyl halides is 3. The van der Waals surface area contributed by atoms with Crippen molar-refractivity contribution >= 4 is 28.7 Å². The van der Waals surface area contributed by atoms with Gasteiger partial charge in [0, 0.05) is 17.9 Å². The zero-order valence-corrected chi connectivity index (χ0v) is 15.2. The van der Waals surface area contributed by atoms with E-state index < -0.39 is 29.8 Å². The summed E-state index contributed by atoms with van der Waals surface area (Å²) in [7, 11) is 0. The molecule has 0 radical (unpaired) electrons. The number of piperidine rings is 1. The van der Waals surface area contributed by atoms with E-state index in [-0.39, 0.29) is 0 Å². The summed E-state index contributed by atoms with van der Waals surface area (Å²) in [6.45, 7) is 6.47. The molecule has 4 nitrogen and oxygen atoms in total. The number of ether oxygens (including phenoxy) is 2. The standard InChI is InChI=1S/C14H24F2INO3/c1-12(2,3)21-11(19)18-7-5-6-14(8-17,9-18)20-10-13(4,15)16/h5-10H2,1-4H3. The molecule has 21 heavy (non-hydrogen) atoms. The minimum Gasteiger partial charge on any atom is -0.444 e. The van der Waals surface area contributed by atoms with Gasteiger partial charge in [-0.2, -0.15) is 0 Å². The lowest BCUT2D eigenvalue weighted by Crippen LogP contribution is -2.54. The highest BCUT2D eigenvalue weighted by Crippen LogP contribution is 2.30. The fraction of sp³-hybridized carbons (Fsp3) is 0.929. The van der Waals surface area contributed by atoms with E-state index in [1.807, 2.05) is 0 Å². The SMILES string of the molecule is CC(F)(F)COC1(CI)CCCN(C(=O)OC(C)(C)C)C1. The molecule has 1 heterocycles. The third-order valence-corrected chi connectivity index (χ3v) is 4.46. The number of likely N-dealkylation sites (tertiary alicyclic amines) is 1. The molecule has 1 amide bonds. The van der Waals surface area contributed by atoms with Crippen LogP contribution >= 0.6 is 22.6 Å². The summed E-state index contributed by atoms with van der Waals surface area (Å²) in [4.78, 5) is 13.7. The van der Waals surface area contributed by atoms with Crippen molar-refractivity contribution in [2.75, 3.05) is 24.1 Å². The number of amides is 1. The third-order valence-electron chi connectivity index (χ3n) is 3.07. The molecule has 1 aliphatic heterocycles. The molecule has 1 rings (SSSR count). The largest absolute Gasteiger partial charge is 0.444 e. The zero-order chi connectivity index (χ0) is 16.3. The smallest absolute Gasteiger partial charge is 0.410 e. The Labute approximate surface area is 138 Å². The predicted octanol–water partition coefficient (Wildman–Crippen LogP) is 3.86. The highest BCUT2D eigenvalue weighted by molar-refractivity contribution is 14.1. The lowest BCUT2D eigenvalue weighted by atomic mass is 9.95. The van der Waals surface area contributed by atoms with Gasteiger partial charge in [-0.25, -0.2) is 13.6 Å². The molecule has 0 N–H and O–H groups in total. The van der Waals surface area contributed by atoms with E-state index in [0.717, 1.165) is 13.3 Å². The Hall–Kier alpha value is -0.180. The lowest BCUT2D eigenvalue weighted by molar-refractivity contribution is -0.139. The van der Waals surface area contributed by atoms with E-state index in [4.69, 9.17) is 9.47 Å². The van der Waals surface area contributed by atoms with Crippen LogP contribution in [0, 0.1) is 0 Å². The molecule has 1 atom stereocenters. The Morgan fingerprint density at radius 3 is 2.43 bits per heavy atom. The maximum absolute atomic E-state index is 13.0. The number of rotatable bonds is 4. The molecule has 1 unspecified atom stereocenters.